The summed E-state index contributed by atoms with van der Waals surface area (Å²) >= 11 is 0. The van der Waals surface area contributed by atoms with Gasteiger partial charge in [-0.25, -0.2) is 0 Å². The summed E-state index contributed by atoms with van der Waals surface area (Å²) in [7, 11) is 0. The van der Waals surface area contributed by atoms with Crippen molar-refractivity contribution in [3.8, 4) is 0 Å². The molecule has 1 heterocycles. The van der Waals surface area contributed by atoms with E-state index in [2.05, 4.69) is 4.90 Å². The van der Waals surface area contributed by atoms with E-state index in [4.69, 9.17) is 5.73 Å². The third-order valence-electron chi connectivity index (χ3n) is 3.97. The van der Waals surface area contributed by atoms with Crippen LogP contribution >= 0.6 is 0 Å². The van der Waals surface area contributed by atoms with Crippen molar-refractivity contribution in [3.05, 3.63) is 0 Å². The van der Waals surface area contributed by atoms with E-state index >= 15 is 0 Å². The predicted molar refractivity (Wildman–Crippen MR) is 60.2 cm³/mol. The van der Waals surface area contributed by atoms with Gasteiger partial charge in [-0.15, -0.1) is 0 Å². The quantitative estimate of drug-likeness (QED) is 0.732. The van der Waals surface area contributed by atoms with Crippen LogP contribution < -0.4 is 5.73 Å². The van der Waals surface area contributed by atoms with E-state index < -0.39 is 0 Å². The Hall–Kier alpha value is -0.0800. The molecule has 14 heavy (non-hydrogen) atoms. The standard InChI is InChI=1S/C12H24N2/c13-9-11-5-4-8-14(10-11)12-6-2-1-3-7-12/h11-12H,1-10,13H2/t11-/m0/s1. The van der Waals surface area contributed by atoms with Gasteiger partial charge in [-0.1, -0.05) is 19.3 Å². The molecule has 1 aliphatic heterocycles. The van der Waals surface area contributed by atoms with Crippen LogP contribution in [0.25, 0.3) is 0 Å². The maximum absolute atomic E-state index is 5.77. The van der Waals surface area contributed by atoms with Crippen molar-refractivity contribution in [2.45, 2.75) is 51.0 Å². The lowest BCUT2D eigenvalue weighted by Crippen LogP contribution is -2.45. The van der Waals surface area contributed by atoms with Crippen LogP contribution in [0.5, 0.6) is 0 Å². The maximum atomic E-state index is 5.77. The van der Waals surface area contributed by atoms with Crippen molar-refractivity contribution in [1.82, 2.24) is 4.90 Å². The highest BCUT2D eigenvalue weighted by Gasteiger charge is 2.25. The Bertz CT molecular complexity index is 164. The summed E-state index contributed by atoms with van der Waals surface area (Å²) in [5, 5.41) is 0. The van der Waals surface area contributed by atoms with Crippen molar-refractivity contribution in [1.29, 1.82) is 0 Å². The van der Waals surface area contributed by atoms with Crippen LogP contribution in [0.2, 0.25) is 0 Å². The molecule has 2 rings (SSSR count). The molecule has 82 valence electrons. The molecule has 1 aliphatic carbocycles. The highest BCUT2D eigenvalue weighted by atomic mass is 15.2. The van der Waals surface area contributed by atoms with Gasteiger partial charge in [-0.3, -0.25) is 0 Å². The average molecular weight is 196 g/mol. The minimum absolute atomic E-state index is 0.783. The van der Waals surface area contributed by atoms with Crippen LogP contribution in [0, 0.1) is 5.92 Å². The van der Waals surface area contributed by atoms with Crippen molar-refractivity contribution >= 4 is 0 Å². The van der Waals surface area contributed by atoms with Gasteiger partial charge in [0.25, 0.3) is 0 Å². The van der Waals surface area contributed by atoms with Crippen LogP contribution in [0.1, 0.15) is 44.9 Å². The van der Waals surface area contributed by atoms with Crippen molar-refractivity contribution in [3.63, 3.8) is 0 Å². The van der Waals surface area contributed by atoms with Crippen molar-refractivity contribution in [2.75, 3.05) is 19.6 Å². The summed E-state index contributed by atoms with van der Waals surface area (Å²) in [6, 6.07) is 0.901. The first kappa shape index (κ1) is 10.4. The normalized spacial score (nSPS) is 31.9. The van der Waals surface area contributed by atoms with E-state index in [0.29, 0.717) is 0 Å². The Morgan fingerprint density at radius 2 is 1.79 bits per heavy atom. The summed E-state index contributed by atoms with van der Waals surface area (Å²) in [5.74, 6) is 0.783. The fourth-order valence-corrected chi connectivity index (χ4v) is 3.07. The van der Waals surface area contributed by atoms with Gasteiger partial charge in [0.2, 0.25) is 0 Å². The Labute approximate surface area is 87.8 Å². The van der Waals surface area contributed by atoms with Gasteiger partial charge in [0.1, 0.15) is 0 Å². The maximum Gasteiger partial charge on any atom is 0.00953 e. The van der Waals surface area contributed by atoms with E-state index in [9.17, 15) is 0 Å². The Kier molecular flexibility index (Phi) is 3.82. The van der Waals surface area contributed by atoms with E-state index in [0.717, 1.165) is 18.5 Å². The zero-order valence-corrected chi connectivity index (χ0v) is 9.25. The Balaban J connectivity index is 1.83. The second kappa shape index (κ2) is 5.13. The lowest BCUT2D eigenvalue weighted by Gasteiger charge is -2.39. The van der Waals surface area contributed by atoms with Crippen LogP contribution in [0.3, 0.4) is 0 Å². The Morgan fingerprint density at radius 1 is 1.00 bits per heavy atom. The number of hydrogen-bond donors (Lipinski definition) is 1. The smallest absolute Gasteiger partial charge is 0.00953 e. The molecule has 0 aromatic rings. The molecule has 2 N–H and O–H groups in total. The first-order valence-corrected chi connectivity index (χ1v) is 6.34. The molecule has 0 amide bonds. The monoisotopic (exact) mass is 196 g/mol. The largest absolute Gasteiger partial charge is 0.330 e. The molecule has 1 saturated carbocycles. The van der Waals surface area contributed by atoms with Crippen LogP contribution in [0.15, 0.2) is 0 Å². The average Bonchev–Trinajstić information content (AvgIpc) is 2.30. The SMILES string of the molecule is NC[C@@H]1CCCN(C2CCCCC2)C1. The van der Waals surface area contributed by atoms with Crippen molar-refractivity contribution < 1.29 is 0 Å². The second-order valence-corrected chi connectivity index (χ2v) is 5.03. The van der Waals surface area contributed by atoms with Gasteiger partial charge in [0.05, 0.1) is 0 Å². The van der Waals surface area contributed by atoms with Gasteiger partial charge >= 0.3 is 0 Å². The number of nitrogens with two attached hydrogens (primary N) is 1. The van der Waals surface area contributed by atoms with Gasteiger partial charge < -0.3 is 10.6 Å². The molecule has 2 heteroatoms. The van der Waals surface area contributed by atoms with Gasteiger partial charge in [-0.05, 0) is 44.7 Å². The summed E-state index contributed by atoms with van der Waals surface area (Å²) in [4.78, 5) is 2.72. The minimum atomic E-state index is 0.783. The van der Waals surface area contributed by atoms with Crippen LogP contribution in [0.4, 0.5) is 0 Å². The molecule has 0 aromatic heterocycles. The predicted octanol–water partition coefficient (Wildman–Crippen LogP) is 1.99. The summed E-state index contributed by atoms with van der Waals surface area (Å²) in [6.45, 7) is 3.51. The third kappa shape index (κ3) is 2.48. The molecule has 2 fully saturated rings. The number of likely N-dealkylation sites (tertiary alicyclic amines) is 1. The highest BCUT2D eigenvalue weighted by Crippen LogP contribution is 2.26. The summed E-state index contributed by atoms with van der Waals surface area (Å²) < 4.78 is 0. The number of rotatable bonds is 2. The molecule has 2 nitrogen and oxygen atoms in total. The summed E-state index contributed by atoms with van der Waals surface area (Å²) in [5.41, 5.74) is 5.77. The number of hydrogen-bond acceptors (Lipinski definition) is 2. The zero-order valence-electron chi connectivity index (χ0n) is 9.25. The molecule has 1 saturated heterocycles. The van der Waals surface area contributed by atoms with Gasteiger partial charge in [0.15, 0.2) is 0 Å². The molecule has 0 bridgehead atoms. The first-order chi connectivity index (χ1) is 6.90. The molecular weight excluding hydrogens is 172 g/mol. The summed E-state index contributed by atoms with van der Waals surface area (Å²) in [6.07, 6.45) is 9.99. The molecule has 1 atom stereocenters. The zero-order chi connectivity index (χ0) is 9.80. The van der Waals surface area contributed by atoms with Crippen LogP contribution in [-0.4, -0.2) is 30.6 Å². The molecule has 0 unspecified atom stereocenters. The van der Waals surface area contributed by atoms with E-state index in [1.165, 1.54) is 58.0 Å². The van der Waals surface area contributed by atoms with E-state index in [1.54, 1.807) is 0 Å². The van der Waals surface area contributed by atoms with Crippen LogP contribution in [-0.2, 0) is 0 Å². The van der Waals surface area contributed by atoms with E-state index in [-0.39, 0.29) is 0 Å². The first-order valence-electron chi connectivity index (χ1n) is 6.34. The molecule has 0 radical (unpaired) electrons. The molecule has 2 aliphatic rings. The lowest BCUT2D eigenvalue weighted by atomic mass is 9.90. The van der Waals surface area contributed by atoms with Gasteiger partial charge in [0, 0.05) is 12.6 Å². The van der Waals surface area contributed by atoms with Crippen molar-refractivity contribution in [2.24, 2.45) is 11.7 Å². The number of nitrogens with zero attached hydrogens (tertiary/aromatic N) is 1. The third-order valence-corrected chi connectivity index (χ3v) is 3.97. The topological polar surface area (TPSA) is 29.3 Å². The fourth-order valence-electron chi connectivity index (χ4n) is 3.07. The minimum Gasteiger partial charge on any atom is -0.330 e. The lowest BCUT2D eigenvalue weighted by molar-refractivity contribution is 0.101. The molecular formula is C12H24N2. The van der Waals surface area contributed by atoms with E-state index in [1.807, 2.05) is 0 Å². The Morgan fingerprint density at radius 3 is 2.50 bits per heavy atom. The molecule has 0 spiro atoms. The number of piperidine rings is 1. The highest BCUT2D eigenvalue weighted by molar-refractivity contribution is 4.81. The second-order valence-electron chi connectivity index (χ2n) is 5.03. The fraction of sp³-hybridized carbons (Fsp3) is 1.00. The van der Waals surface area contributed by atoms with Gasteiger partial charge in [-0.2, -0.15) is 0 Å². The molecule has 0 aromatic carbocycles.